The number of halogens is 1. The minimum atomic E-state index is -2.16. The Morgan fingerprint density at radius 2 is 1.62 bits per heavy atom. The van der Waals surface area contributed by atoms with E-state index in [1.807, 2.05) is 81.4 Å². The maximum atomic E-state index is 16.1. The molecule has 1 aliphatic rings. The molecule has 0 aliphatic carbocycles. The van der Waals surface area contributed by atoms with Crippen molar-refractivity contribution in [2.75, 3.05) is 6.61 Å². The van der Waals surface area contributed by atoms with Crippen LogP contribution in [-0.2, 0) is 18.7 Å². The summed E-state index contributed by atoms with van der Waals surface area (Å²) in [4.78, 5) is 11.3. The summed E-state index contributed by atoms with van der Waals surface area (Å²) < 4.78 is 33.4. The van der Waals surface area contributed by atoms with Crippen LogP contribution in [0, 0.1) is 5.41 Å². The first-order valence-corrected chi connectivity index (χ1v) is 11.5. The van der Waals surface area contributed by atoms with E-state index in [0.29, 0.717) is 0 Å². The summed E-state index contributed by atoms with van der Waals surface area (Å²) in [5, 5.41) is 2.18. The van der Waals surface area contributed by atoms with Crippen molar-refractivity contribution in [3.8, 4) is 0 Å². The van der Waals surface area contributed by atoms with Crippen molar-refractivity contribution < 1.29 is 23.1 Å². The third-order valence-corrected chi connectivity index (χ3v) is 7.57. The highest BCUT2D eigenvalue weighted by Gasteiger charge is 2.53. The van der Waals surface area contributed by atoms with Gasteiger partial charge in [-0.05, 0) is 15.8 Å². The number of esters is 1. The lowest BCUT2D eigenvalue weighted by Gasteiger charge is -2.41. The van der Waals surface area contributed by atoms with Crippen LogP contribution in [0.15, 0.2) is 60.7 Å². The first-order chi connectivity index (χ1) is 13.7. The largest absolute Gasteiger partial charge is 0.436 e. The molecule has 1 fully saturated rings. The number of hydrogen-bond donors (Lipinski definition) is 0. The summed E-state index contributed by atoms with van der Waals surface area (Å²) >= 11 is 0. The number of hydrogen-bond acceptors (Lipinski definition) is 4. The van der Waals surface area contributed by atoms with Crippen molar-refractivity contribution in [2.24, 2.45) is 5.41 Å². The van der Waals surface area contributed by atoms with Crippen LogP contribution in [0.1, 0.15) is 34.1 Å². The van der Waals surface area contributed by atoms with Crippen molar-refractivity contribution >= 4 is 25.4 Å². The lowest BCUT2D eigenvalue weighted by Crippen LogP contribution is -2.56. The number of benzene rings is 2. The van der Waals surface area contributed by atoms with Gasteiger partial charge < -0.3 is 13.9 Å². The maximum Gasteiger partial charge on any atom is 0.304 e. The molecule has 3 unspecified atom stereocenters. The third kappa shape index (κ3) is 5.32. The van der Waals surface area contributed by atoms with E-state index >= 15 is 4.39 Å². The Balaban J connectivity index is 1.93. The molecule has 0 N–H and O–H groups in total. The summed E-state index contributed by atoms with van der Waals surface area (Å²) in [5.74, 6) is -0.478. The van der Waals surface area contributed by atoms with E-state index in [1.54, 1.807) is 0 Å². The molecule has 1 heterocycles. The van der Waals surface area contributed by atoms with E-state index < -0.39 is 38.5 Å². The summed E-state index contributed by atoms with van der Waals surface area (Å²) in [6, 6.07) is 20.0. The number of ether oxygens (including phenoxy) is 2. The molecule has 0 amide bonds. The molecular weight excluding hydrogens is 387 g/mol. The molecule has 3 atom stereocenters. The van der Waals surface area contributed by atoms with E-state index in [9.17, 15) is 4.79 Å². The second-order valence-corrected chi connectivity index (χ2v) is 11.0. The Morgan fingerprint density at radius 3 is 2.07 bits per heavy atom. The van der Waals surface area contributed by atoms with Gasteiger partial charge in [0, 0.05) is 13.3 Å². The fourth-order valence-electron chi connectivity index (χ4n) is 3.91. The molecule has 0 saturated carbocycles. The van der Waals surface area contributed by atoms with Crippen molar-refractivity contribution in [3.05, 3.63) is 60.7 Å². The van der Waals surface area contributed by atoms with Crippen molar-refractivity contribution in [2.45, 2.75) is 52.2 Å². The number of rotatable bonds is 6. The van der Waals surface area contributed by atoms with Crippen LogP contribution in [0.2, 0.25) is 0 Å². The zero-order valence-corrected chi connectivity index (χ0v) is 18.6. The Kier molecular flexibility index (Phi) is 6.56. The zero-order chi connectivity index (χ0) is 21.1. The first-order valence-electron chi connectivity index (χ1n) is 9.92. The van der Waals surface area contributed by atoms with Crippen LogP contribution in [0.3, 0.4) is 0 Å². The third-order valence-electron chi connectivity index (χ3n) is 5.05. The predicted octanol–water partition coefficient (Wildman–Crippen LogP) is 2.97. The van der Waals surface area contributed by atoms with Gasteiger partial charge in [-0.3, -0.25) is 4.79 Å². The summed E-state index contributed by atoms with van der Waals surface area (Å²) in [6.07, 6.45) is -1.62. The van der Waals surface area contributed by atoms with Crippen molar-refractivity contribution in [1.82, 2.24) is 0 Å². The number of carbonyl (C=O) groups is 1. The van der Waals surface area contributed by atoms with E-state index in [1.165, 1.54) is 6.92 Å². The van der Waals surface area contributed by atoms with E-state index in [-0.39, 0.29) is 13.0 Å². The van der Waals surface area contributed by atoms with Gasteiger partial charge in [0.2, 0.25) is 15.3 Å². The number of alkyl halides is 1. The Hall–Kier alpha value is -2.02. The second kappa shape index (κ2) is 8.77. The highest BCUT2D eigenvalue weighted by atomic mass is 28.3. The molecule has 2 aromatic carbocycles. The molecule has 0 spiro atoms. The summed E-state index contributed by atoms with van der Waals surface area (Å²) in [6.45, 7) is 7.06. The van der Waals surface area contributed by atoms with Gasteiger partial charge in [-0.25, -0.2) is 4.39 Å². The average molecular weight is 417 g/mol. The normalized spacial score (nSPS) is 23.2. The lowest BCUT2D eigenvalue weighted by atomic mass is 9.79. The molecule has 0 aromatic heterocycles. The van der Waals surface area contributed by atoms with Crippen LogP contribution < -0.4 is 10.4 Å². The van der Waals surface area contributed by atoms with Crippen molar-refractivity contribution in [1.29, 1.82) is 0 Å². The van der Waals surface area contributed by atoms with Crippen LogP contribution >= 0.6 is 0 Å². The van der Waals surface area contributed by atoms with Gasteiger partial charge in [-0.2, -0.15) is 0 Å². The standard InChI is InChI=1S/C23H29FO4Si/c1-17(25)27-20-15-23(24,16-26-20)21(22(2,3)4)28-29(18-11-7-5-8-12-18)19-13-9-6-10-14-19/h5-14,20-21,29H,15-16H2,1-4H3. The van der Waals surface area contributed by atoms with Crippen LogP contribution in [-0.4, -0.2) is 39.7 Å². The molecule has 3 rings (SSSR count). The lowest BCUT2D eigenvalue weighted by molar-refractivity contribution is -0.166. The van der Waals surface area contributed by atoms with Gasteiger partial charge in [0.25, 0.3) is 0 Å². The van der Waals surface area contributed by atoms with Crippen molar-refractivity contribution in [3.63, 3.8) is 0 Å². The average Bonchev–Trinajstić information content (AvgIpc) is 3.03. The highest BCUT2D eigenvalue weighted by Crippen LogP contribution is 2.41. The number of carbonyl (C=O) groups excluding carboxylic acids is 1. The quantitative estimate of drug-likeness (QED) is 0.537. The fraction of sp³-hybridized carbons (Fsp3) is 0.435. The molecule has 6 heteroatoms. The molecule has 1 aliphatic heterocycles. The smallest absolute Gasteiger partial charge is 0.304 e. The zero-order valence-electron chi connectivity index (χ0n) is 17.4. The fourth-order valence-corrected chi connectivity index (χ4v) is 6.68. The molecule has 29 heavy (non-hydrogen) atoms. The Labute approximate surface area is 173 Å². The monoisotopic (exact) mass is 416 g/mol. The molecule has 156 valence electrons. The van der Waals surface area contributed by atoms with Gasteiger partial charge in [-0.1, -0.05) is 81.4 Å². The minimum absolute atomic E-state index is 0.0286. The van der Waals surface area contributed by atoms with E-state index in [4.69, 9.17) is 13.9 Å². The topological polar surface area (TPSA) is 44.8 Å². The van der Waals surface area contributed by atoms with E-state index in [2.05, 4.69) is 0 Å². The molecule has 1 saturated heterocycles. The Bertz CT molecular complexity index is 769. The first kappa shape index (κ1) is 21.7. The van der Waals surface area contributed by atoms with Gasteiger partial charge >= 0.3 is 5.97 Å². The van der Waals surface area contributed by atoms with Crippen LogP contribution in [0.5, 0.6) is 0 Å². The van der Waals surface area contributed by atoms with Crippen LogP contribution in [0.25, 0.3) is 0 Å². The van der Waals surface area contributed by atoms with Gasteiger partial charge in [-0.15, -0.1) is 0 Å². The second-order valence-electron chi connectivity index (χ2n) is 8.67. The molecule has 4 nitrogen and oxygen atoms in total. The van der Waals surface area contributed by atoms with Gasteiger partial charge in [0.05, 0.1) is 12.7 Å². The summed E-state index contributed by atoms with van der Waals surface area (Å²) in [5.41, 5.74) is -2.22. The molecule has 2 aromatic rings. The Morgan fingerprint density at radius 1 is 1.10 bits per heavy atom. The van der Waals surface area contributed by atoms with Crippen LogP contribution in [0.4, 0.5) is 4.39 Å². The molecule has 0 radical (unpaired) electrons. The summed E-state index contributed by atoms with van der Waals surface area (Å²) in [7, 11) is -2.16. The van der Waals surface area contributed by atoms with Gasteiger partial charge in [0.15, 0.2) is 5.67 Å². The van der Waals surface area contributed by atoms with Gasteiger partial charge in [0.1, 0.15) is 0 Å². The predicted molar refractivity (Wildman–Crippen MR) is 114 cm³/mol. The molecular formula is C23H29FO4Si. The highest BCUT2D eigenvalue weighted by molar-refractivity contribution is 6.80. The maximum absolute atomic E-state index is 16.1. The minimum Gasteiger partial charge on any atom is -0.436 e. The van der Waals surface area contributed by atoms with E-state index in [0.717, 1.165) is 10.4 Å². The SMILES string of the molecule is CC(=O)OC1CC(F)(C(O[SiH](c2ccccc2)c2ccccc2)C(C)(C)C)CO1. The molecule has 0 bridgehead atoms.